The molecule has 0 radical (unpaired) electrons. The molecular formula is C14H22S. The van der Waals surface area contributed by atoms with E-state index in [-0.39, 0.29) is 0 Å². The molecular weight excluding hydrogens is 200 g/mol. The second kappa shape index (κ2) is 6.42. The van der Waals surface area contributed by atoms with Crippen molar-refractivity contribution in [2.45, 2.75) is 51.4 Å². The maximum Gasteiger partial charge on any atom is -0.00171 e. The molecule has 0 aromatic carbocycles. The van der Waals surface area contributed by atoms with Crippen molar-refractivity contribution in [1.82, 2.24) is 0 Å². The molecule has 1 fully saturated rings. The summed E-state index contributed by atoms with van der Waals surface area (Å²) in [6.45, 7) is 0. The smallest absolute Gasteiger partial charge is 0.00171 e. The van der Waals surface area contributed by atoms with Gasteiger partial charge in [-0.3, -0.25) is 0 Å². The van der Waals surface area contributed by atoms with Gasteiger partial charge in [0, 0.05) is 0 Å². The van der Waals surface area contributed by atoms with Crippen LogP contribution in [-0.2, 0) is 0 Å². The van der Waals surface area contributed by atoms with E-state index in [4.69, 9.17) is 0 Å². The monoisotopic (exact) mass is 222 g/mol. The molecule has 1 heterocycles. The highest BCUT2D eigenvalue weighted by Crippen LogP contribution is 2.39. The summed E-state index contributed by atoms with van der Waals surface area (Å²) < 4.78 is 0. The molecule has 0 spiro atoms. The average Bonchev–Trinajstić information content (AvgIpc) is 2.65. The van der Waals surface area contributed by atoms with E-state index in [1.54, 1.807) is 4.91 Å². The zero-order valence-electron chi connectivity index (χ0n) is 9.58. The predicted octanol–water partition coefficient (Wildman–Crippen LogP) is 4.92. The Morgan fingerprint density at radius 2 is 1.87 bits per heavy atom. The molecule has 15 heavy (non-hydrogen) atoms. The Hall–Kier alpha value is -0.170. The predicted molar refractivity (Wildman–Crippen MR) is 70.1 cm³/mol. The first-order chi connectivity index (χ1) is 7.47. The molecule has 1 aliphatic carbocycles. The number of hydrogen-bond donors (Lipinski definition) is 0. The van der Waals surface area contributed by atoms with Crippen molar-refractivity contribution in [1.29, 1.82) is 0 Å². The first kappa shape index (κ1) is 11.3. The second-order valence-corrected chi connectivity index (χ2v) is 5.84. The Morgan fingerprint density at radius 3 is 2.87 bits per heavy atom. The summed E-state index contributed by atoms with van der Waals surface area (Å²) >= 11 is 2.09. The van der Waals surface area contributed by atoms with Crippen LogP contribution in [0.25, 0.3) is 0 Å². The molecule has 0 bridgehead atoms. The minimum atomic E-state index is 0.902. The summed E-state index contributed by atoms with van der Waals surface area (Å²) in [6, 6.07) is 0. The van der Waals surface area contributed by atoms with E-state index in [1.165, 1.54) is 57.1 Å². The van der Waals surface area contributed by atoms with Crippen LogP contribution in [0, 0.1) is 5.92 Å². The average molecular weight is 222 g/mol. The van der Waals surface area contributed by atoms with Crippen LogP contribution in [0.5, 0.6) is 0 Å². The summed E-state index contributed by atoms with van der Waals surface area (Å²) in [5, 5.41) is 0. The molecule has 1 aliphatic heterocycles. The van der Waals surface area contributed by atoms with Gasteiger partial charge in [-0.1, -0.05) is 43.9 Å². The summed E-state index contributed by atoms with van der Waals surface area (Å²) in [5.74, 6) is 2.25. The molecule has 0 saturated carbocycles. The topological polar surface area (TPSA) is 0 Å². The standard InChI is InChI=1S/C14H22S/c1-2-4-6-8-10-14-13(11-12-15-14)9-7-5-3-1/h6,8,10,13H,1-5,7,9,11-12H2. The fourth-order valence-corrected chi connectivity index (χ4v) is 3.78. The minimum Gasteiger partial charge on any atom is -0.130 e. The van der Waals surface area contributed by atoms with Crippen LogP contribution in [0.1, 0.15) is 51.4 Å². The van der Waals surface area contributed by atoms with Gasteiger partial charge in [-0.25, -0.2) is 0 Å². The Balaban J connectivity index is 1.95. The van der Waals surface area contributed by atoms with Crippen LogP contribution in [0.3, 0.4) is 0 Å². The molecule has 0 aromatic heterocycles. The van der Waals surface area contributed by atoms with Crippen LogP contribution < -0.4 is 0 Å². The molecule has 1 saturated heterocycles. The SMILES string of the molecule is C1=CCCCCCCCC2CCSC2=C1. The van der Waals surface area contributed by atoms with Crippen molar-refractivity contribution in [3.8, 4) is 0 Å². The normalized spacial score (nSPS) is 28.8. The van der Waals surface area contributed by atoms with Crippen molar-refractivity contribution in [2.75, 3.05) is 5.75 Å². The highest BCUT2D eigenvalue weighted by molar-refractivity contribution is 8.03. The Bertz CT molecular complexity index is 240. The zero-order valence-corrected chi connectivity index (χ0v) is 10.4. The largest absolute Gasteiger partial charge is 0.130 e. The summed E-state index contributed by atoms with van der Waals surface area (Å²) in [5.41, 5.74) is 0. The third-order valence-electron chi connectivity index (χ3n) is 3.46. The van der Waals surface area contributed by atoms with Gasteiger partial charge in [0.2, 0.25) is 0 Å². The molecule has 0 nitrogen and oxygen atoms in total. The lowest BCUT2D eigenvalue weighted by Crippen LogP contribution is -1.96. The molecule has 0 amide bonds. The summed E-state index contributed by atoms with van der Waals surface area (Å²) in [6.07, 6.45) is 18.3. The molecule has 84 valence electrons. The van der Waals surface area contributed by atoms with Crippen molar-refractivity contribution in [2.24, 2.45) is 5.92 Å². The molecule has 1 atom stereocenters. The Morgan fingerprint density at radius 1 is 1.00 bits per heavy atom. The number of allylic oxidation sites excluding steroid dienone is 4. The first-order valence-electron chi connectivity index (χ1n) is 6.46. The molecule has 1 unspecified atom stereocenters. The maximum absolute atomic E-state index is 2.38. The lowest BCUT2D eigenvalue weighted by Gasteiger charge is -2.11. The zero-order chi connectivity index (χ0) is 10.3. The van der Waals surface area contributed by atoms with E-state index >= 15 is 0 Å². The molecule has 0 N–H and O–H groups in total. The van der Waals surface area contributed by atoms with Gasteiger partial charge in [0.05, 0.1) is 0 Å². The molecule has 2 aliphatic rings. The van der Waals surface area contributed by atoms with Crippen molar-refractivity contribution in [3.05, 3.63) is 23.1 Å². The van der Waals surface area contributed by atoms with Crippen molar-refractivity contribution in [3.63, 3.8) is 0 Å². The van der Waals surface area contributed by atoms with E-state index in [0.717, 1.165) is 5.92 Å². The summed E-state index contributed by atoms with van der Waals surface area (Å²) in [7, 11) is 0. The van der Waals surface area contributed by atoms with E-state index in [2.05, 4.69) is 30.0 Å². The third kappa shape index (κ3) is 3.71. The van der Waals surface area contributed by atoms with Gasteiger partial charge in [0.15, 0.2) is 0 Å². The fourth-order valence-electron chi connectivity index (χ4n) is 2.49. The van der Waals surface area contributed by atoms with Gasteiger partial charge >= 0.3 is 0 Å². The van der Waals surface area contributed by atoms with E-state index in [9.17, 15) is 0 Å². The lowest BCUT2D eigenvalue weighted by molar-refractivity contribution is 0.515. The van der Waals surface area contributed by atoms with Crippen LogP contribution in [0.15, 0.2) is 23.1 Å². The van der Waals surface area contributed by atoms with Gasteiger partial charge < -0.3 is 0 Å². The molecule has 0 aromatic rings. The van der Waals surface area contributed by atoms with E-state index in [0.29, 0.717) is 0 Å². The van der Waals surface area contributed by atoms with Crippen molar-refractivity contribution >= 4 is 11.8 Å². The van der Waals surface area contributed by atoms with Gasteiger partial charge in [-0.05, 0) is 42.3 Å². The number of rotatable bonds is 0. The lowest BCUT2D eigenvalue weighted by atomic mass is 9.96. The quantitative estimate of drug-likeness (QED) is 0.560. The van der Waals surface area contributed by atoms with E-state index in [1.807, 2.05) is 0 Å². The van der Waals surface area contributed by atoms with Gasteiger partial charge in [-0.15, -0.1) is 11.8 Å². The second-order valence-electron chi connectivity index (χ2n) is 4.68. The maximum atomic E-state index is 2.38. The van der Waals surface area contributed by atoms with Crippen LogP contribution in [-0.4, -0.2) is 5.75 Å². The first-order valence-corrected chi connectivity index (χ1v) is 7.45. The summed E-state index contributed by atoms with van der Waals surface area (Å²) in [4.78, 5) is 1.66. The highest BCUT2D eigenvalue weighted by Gasteiger charge is 2.20. The van der Waals surface area contributed by atoms with Gasteiger partial charge in [-0.2, -0.15) is 0 Å². The van der Waals surface area contributed by atoms with Gasteiger partial charge in [0.25, 0.3) is 0 Å². The van der Waals surface area contributed by atoms with Crippen LogP contribution in [0.4, 0.5) is 0 Å². The number of thioether (sulfide) groups is 1. The van der Waals surface area contributed by atoms with Gasteiger partial charge in [0.1, 0.15) is 0 Å². The molecule has 2 rings (SSSR count). The van der Waals surface area contributed by atoms with Crippen LogP contribution in [0.2, 0.25) is 0 Å². The van der Waals surface area contributed by atoms with E-state index < -0.39 is 0 Å². The Kier molecular flexibility index (Phi) is 4.85. The number of fused-ring (bicyclic) bond motifs is 1. The third-order valence-corrected chi connectivity index (χ3v) is 4.70. The van der Waals surface area contributed by atoms with Crippen LogP contribution >= 0.6 is 11.8 Å². The number of hydrogen-bond acceptors (Lipinski definition) is 1. The Labute approximate surface area is 98.2 Å². The highest BCUT2D eigenvalue weighted by atomic mass is 32.2. The minimum absolute atomic E-state index is 0.902. The fraction of sp³-hybridized carbons (Fsp3) is 0.714. The van der Waals surface area contributed by atoms with Crippen molar-refractivity contribution < 1.29 is 0 Å². The molecule has 1 heteroatoms.